The first-order valence-electron chi connectivity index (χ1n) is 14.2. The van der Waals surface area contributed by atoms with Gasteiger partial charge in [0.05, 0.1) is 6.04 Å². The van der Waals surface area contributed by atoms with E-state index in [9.17, 15) is 14.7 Å². The molecule has 3 aromatic carbocycles. The first kappa shape index (κ1) is 29.7. The third kappa shape index (κ3) is 5.05. The smallest absolute Gasteiger partial charge is 0.328 e. The zero-order valence-electron chi connectivity index (χ0n) is 24.7. The molecular weight excluding hydrogens is 530 g/mol. The van der Waals surface area contributed by atoms with Gasteiger partial charge in [0.25, 0.3) is 5.56 Å². The molecule has 42 heavy (non-hydrogen) atoms. The van der Waals surface area contributed by atoms with Crippen LogP contribution >= 0.6 is 0 Å². The number of aryl methyl sites for hydroxylation is 1. The van der Waals surface area contributed by atoms with Crippen molar-refractivity contribution in [1.29, 1.82) is 0 Å². The molecule has 220 valence electrons. The Labute approximate surface area is 246 Å². The summed E-state index contributed by atoms with van der Waals surface area (Å²) in [4.78, 5) is 29.7. The van der Waals surface area contributed by atoms with Crippen LogP contribution in [0.15, 0.2) is 107 Å². The third-order valence-corrected chi connectivity index (χ3v) is 8.80. The molecule has 2 heterocycles. The van der Waals surface area contributed by atoms with Gasteiger partial charge < -0.3 is 14.6 Å². The van der Waals surface area contributed by atoms with Crippen molar-refractivity contribution < 1.29 is 14.6 Å². The van der Waals surface area contributed by atoms with Crippen LogP contribution in [0.1, 0.15) is 49.1 Å². The molecule has 4 aromatic rings. The second kappa shape index (κ2) is 11.8. The van der Waals surface area contributed by atoms with Gasteiger partial charge >= 0.3 is 5.69 Å². The number of nitrogens with zero attached hydrogens (tertiary/aromatic N) is 2. The van der Waals surface area contributed by atoms with E-state index in [1.165, 1.54) is 11.7 Å². The number of ether oxygens (including phenoxy) is 2. The first-order chi connectivity index (χ1) is 20.1. The van der Waals surface area contributed by atoms with E-state index in [1.807, 2.05) is 75.4 Å². The van der Waals surface area contributed by atoms with Gasteiger partial charge in [0, 0.05) is 30.5 Å². The lowest BCUT2D eigenvalue weighted by Crippen LogP contribution is -2.70. The Kier molecular flexibility index (Phi) is 8.35. The van der Waals surface area contributed by atoms with Crippen molar-refractivity contribution in [2.24, 2.45) is 0 Å². The van der Waals surface area contributed by atoms with Crippen LogP contribution in [0.3, 0.4) is 0 Å². The number of nitrogens with one attached hydrogen (secondary N) is 1. The molecule has 0 aliphatic carbocycles. The average Bonchev–Trinajstić information content (AvgIpc) is 3.00. The zero-order chi connectivity index (χ0) is 30.1. The maximum absolute atomic E-state index is 13.1. The number of likely N-dealkylation sites (tertiary alicyclic amines) is 1. The van der Waals surface area contributed by atoms with E-state index in [1.54, 1.807) is 13.1 Å². The predicted octanol–water partition coefficient (Wildman–Crippen LogP) is 4.21. The number of benzene rings is 3. The molecule has 1 aliphatic rings. The number of piperidine rings is 1. The largest absolute Gasteiger partial charge is 0.388 e. The molecule has 1 fully saturated rings. The van der Waals surface area contributed by atoms with E-state index >= 15 is 0 Å². The van der Waals surface area contributed by atoms with Crippen molar-refractivity contribution in [3.05, 3.63) is 140 Å². The molecule has 0 bridgehead atoms. The number of H-pyrrole nitrogens is 1. The molecule has 1 aromatic heterocycles. The fourth-order valence-corrected chi connectivity index (χ4v) is 6.43. The number of aliphatic hydroxyl groups excluding tert-OH is 1. The highest BCUT2D eigenvalue weighted by Gasteiger charge is 2.53. The van der Waals surface area contributed by atoms with Gasteiger partial charge in [-0.05, 0) is 44.4 Å². The Bertz CT molecular complexity index is 1500. The van der Waals surface area contributed by atoms with Gasteiger partial charge in [-0.25, -0.2) is 4.79 Å². The number of methoxy groups -OCH3 is 1. The summed E-state index contributed by atoms with van der Waals surface area (Å²) in [5, 5.41) is 11.7. The van der Waals surface area contributed by atoms with Gasteiger partial charge in [0.15, 0.2) is 0 Å². The topological polar surface area (TPSA) is 96.8 Å². The molecule has 0 spiro atoms. The molecule has 8 nitrogen and oxygen atoms in total. The normalized spacial score (nSPS) is 22.6. The number of hydrogen-bond acceptors (Lipinski definition) is 6. The Morgan fingerprint density at radius 2 is 1.36 bits per heavy atom. The van der Waals surface area contributed by atoms with E-state index in [2.05, 4.69) is 46.3 Å². The van der Waals surface area contributed by atoms with Crippen molar-refractivity contribution >= 4 is 0 Å². The fourth-order valence-electron chi connectivity index (χ4n) is 6.43. The summed E-state index contributed by atoms with van der Waals surface area (Å²) in [7, 11) is 1.53. The highest BCUT2D eigenvalue weighted by molar-refractivity contribution is 5.47. The first-order valence-corrected chi connectivity index (χ1v) is 14.2. The minimum absolute atomic E-state index is 0.119. The molecular formula is C34H39N3O5. The number of hydrogen-bond donors (Lipinski definition) is 2. The van der Waals surface area contributed by atoms with Gasteiger partial charge in [0.2, 0.25) is 0 Å². The van der Waals surface area contributed by atoms with Crippen LogP contribution in [0.2, 0.25) is 0 Å². The Morgan fingerprint density at radius 3 is 1.81 bits per heavy atom. The van der Waals surface area contributed by atoms with Gasteiger partial charge in [-0.3, -0.25) is 19.2 Å². The molecule has 0 radical (unpaired) electrons. The minimum Gasteiger partial charge on any atom is -0.388 e. The van der Waals surface area contributed by atoms with Crippen LogP contribution in [-0.2, 0) is 15.1 Å². The molecule has 0 saturated carbocycles. The highest BCUT2D eigenvalue weighted by atomic mass is 16.5. The second-order valence-electron chi connectivity index (χ2n) is 11.5. The molecule has 4 atom stereocenters. The summed E-state index contributed by atoms with van der Waals surface area (Å²) in [6.45, 7) is 7.68. The molecule has 2 N–H and O–H groups in total. The summed E-state index contributed by atoms with van der Waals surface area (Å²) < 4.78 is 14.4. The van der Waals surface area contributed by atoms with Gasteiger partial charge in [-0.15, -0.1) is 0 Å². The maximum atomic E-state index is 13.1. The molecule has 5 rings (SSSR count). The van der Waals surface area contributed by atoms with Crippen molar-refractivity contribution in [2.75, 3.05) is 13.8 Å². The number of aromatic amines is 1. The van der Waals surface area contributed by atoms with Crippen LogP contribution in [0.4, 0.5) is 0 Å². The van der Waals surface area contributed by atoms with E-state index in [4.69, 9.17) is 9.47 Å². The molecule has 0 unspecified atom stereocenters. The summed E-state index contributed by atoms with van der Waals surface area (Å²) in [6.07, 6.45) is -0.150. The fraction of sp³-hybridized carbons (Fsp3) is 0.353. The van der Waals surface area contributed by atoms with Crippen LogP contribution < -0.4 is 11.2 Å². The lowest BCUT2D eigenvalue weighted by atomic mass is 9.78. The Hall–Kier alpha value is -3.82. The van der Waals surface area contributed by atoms with Crippen LogP contribution in [0.5, 0.6) is 0 Å². The van der Waals surface area contributed by atoms with E-state index < -0.39 is 40.6 Å². The van der Waals surface area contributed by atoms with Crippen molar-refractivity contribution in [3.8, 4) is 0 Å². The SMILES string of the molecule is CO[C@@H]1[C@H](n2cc(C)c(=O)[nH]c2=O)[C@@H](C)N(COC(c2ccccc2)(c2ccccc2)c2ccccc2)C(C)(C)[C@H]1O. The molecule has 0 amide bonds. The second-order valence-corrected chi connectivity index (χ2v) is 11.5. The number of rotatable bonds is 8. The summed E-state index contributed by atoms with van der Waals surface area (Å²) in [5.41, 5.74) is 0.529. The average molecular weight is 570 g/mol. The standard InChI is InChI=1S/C34H39N3O5/c1-23-21-36(32(40)35-31(23)39)28-24(2)37(33(3,4)30(38)29(28)41-5)22-42-34(25-15-9-6-10-16-25,26-17-11-7-12-18-26)27-19-13-8-14-20-27/h6-21,24,28-30,38H,22H2,1-5H3,(H,35,39,40)/t24-,28-,29-,30+/m1/s1. The predicted molar refractivity (Wildman–Crippen MR) is 162 cm³/mol. The van der Waals surface area contributed by atoms with E-state index in [-0.39, 0.29) is 12.8 Å². The van der Waals surface area contributed by atoms with Crippen molar-refractivity contribution in [3.63, 3.8) is 0 Å². The Balaban J connectivity index is 1.64. The summed E-state index contributed by atoms with van der Waals surface area (Å²) >= 11 is 0. The van der Waals surface area contributed by atoms with Gasteiger partial charge in [0.1, 0.15) is 24.5 Å². The lowest BCUT2D eigenvalue weighted by molar-refractivity contribution is -0.204. The molecule has 1 aliphatic heterocycles. The maximum Gasteiger partial charge on any atom is 0.328 e. The summed E-state index contributed by atoms with van der Waals surface area (Å²) in [5.74, 6) is 0. The quantitative estimate of drug-likeness (QED) is 0.309. The number of aromatic nitrogens is 2. The van der Waals surface area contributed by atoms with Gasteiger partial charge in [-0.2, -0.15) is 0 Å². The third-order valence-electron chi connectivity index (χ3n) is 8.80. The monoisotopic (exact) mass is 569 g/mol. The van der Waals surface area contributed by atoms with E-state index in [0.717, 1.165) is 16.7 Å². The summed E-state index contributed by atoms with van der Waals surface area (Å²) in [6, 6.07) is 29.4. The highest BCUT2D eigenvalue weighted by Crippen LogP contribution is 2.43. The van der Waals surface area contributed by atoms with Crippen molar-refractivity contribution in [1.82, 2.24) is 14.5 Å². The minimum atomic E-state index is -0.981. The van der Waals surface area contributed by atoms with Crippen LogP contribution in [-0.4, -0.2) is 57.2 Å². The molecule has 1 saturated heterocycles. The van der Waals surface area contributed by atoms with Gasteiger partial charge in [-0.1, -0.05) is 91.0 Å². The van der Waals surface area contributed by atoms with Crippen molar-refractivity contribution in [2.45, 2.75) is 63.1 Å². The lowest BCUT2D eigenvalue weighted by Gasteiger charge is -2.56. The Morgan fingerprint density at radius 1 is 0.881 bits per heavy atom. The zero-order valence-corrected chi connectivity index (χ0v) is 24.7. The van der Waals surface area contributed by atoms with E-state index in [0.29, 0.717) is 5.56 Å². The van der Waals surface area contributed by atoms with Crippen LogP contribution in [0.25, 0.3) is 0 Å². The number of aliphatic hydroxyl groups is 1. The molecule has 8 heteroatoms. The van der Waals surface area contributed by atoms with Crippen LogP contribution in [0, 0.1) is 6.92 Å².